The maximum Gasteiger partial charge on any atom is 0.280 e. The highest BCUT2D eigenvalue weighted by atomic mass is 16.5. The molecule has 0 unspecified atom stereocenters. The van der Waals surface area contributed by atoms with Crippen LogP contribution in [0.15, 0.2) is 59.4 Å². The van der Waals surface area contributed by atoms with Crippen LogP contribution in [0, 0.1) is 6.92 Å². The molecular weight excluding hydrogens is 358 g/mol. The Kier molecular flexibility index (Phi) is 5.74. The quantitative estimate of drug-likeness (QED) is 0.711. The van der Waals surface area contributed by atoms with Crippen LogP contribution in [0.1, 0.15) is 23.0 Å². The van der Waals surface area contributed by atoms with Crippen molar-refractivity contribution in [2.75, 3.05) is 19.0 Å². The van der Waals surface area contributed by atoms with E-state index in [2.05, 4.69) is 10.4 Å². The molecule has 7 heteroatoms. The largest absolute Gasteiger partial charge is 0.494 e. The van der Waals surface area contributed by atoms with E-state index in [1.54, 1.807) is 30.3 Å². The van der Waals surface area contributed by atoms with Gasteiger partial charge in [-0.2, -0.15) is 9.78 Å². The number of hydrogen-bond donors (Lipinski definition) is 1. The minimum absolute atomic E-state index is 0.00558. The maximum absolute atomic E-state index is 12.9. The highest BCUT2D eigenvalue weighted by Gasteiger charge is 2.19. The third-order valence-corrected chi connectivity index (χ3v) is 4.05. The maximum atomic E-state index is 12.9. The van der Waals surface area contributed by atoms with Gasteiger partial charge in [0.05, 0.1) is 31.2 Å². The normalized spacial score (nSPS) is 10.4. The summed E-state index contributed by atoms with van der Waals surface area (Å²) in [5, 5.41) is 7.01. The van der Waals surface area contributed by atoms with Crippen molar-refractivity contribution in [3.05, 3.63) is 76.2 Å². The van der Waals surface area contributed by atoms with Gasteiger partial charge in [0.2, 0.25) is 0 Å². The third-order valence-electron chi connectivity index (χ3n) is 4.05. The SMILES string of the molecule is CCOc1ccccc1NC(=O)c1nn(-c2ccc(C)cc2)c(=O)cc1OC. The Morgan fingerprint density at radius 1 is 1.11 bits per heavy atom. The first-order valence-corrected chi connectivity index (χ1v) is 8.82. The average Bonchev–Trinajstić information content (AvgIpc) is 2.70. The lowest BCUT2D eigenvalue weighted by Gasteiger charge is -2.13. The van der Waals surface area contributed by atoms with Gasteiger partial charge < -0.3 is 14.8 Å². The van der Waals surface area contributed by atoms with Crippen LogP contribution in [-0.4, -0.2) is 29.4 Å². The van der Waals surface area contributed by atoms with Crippen molar-refractivity contribution in [1.82, 2.24) is 9.78 Å². The predicted molar refractivity (Wildman–Crippen MR) is 107 cm³/mol. The lowest BCUT2D eigenvalue weighted by molar-refractivity contribution is 0.101. The number of ether oxygens (including phenoxy) is 2. The molecule has 1 N–H and O–H groups in total. The van der Waals surface area contributed by atoms with Crippen LogP contribution in [-0.2, 0) is 0 Å². The van der Waals surface area contributed by atoms with Crippen LogP contribution in [0.4, 0.5) is 5.69 Å². The van der Waals surface area contributed by atoms with Gasteiger partial charge in [0, 0.05) is 0 Å². The van der Waals surface area contributed by atoms with Crippen LogP contribution >= 0.6 is 0 Å². The first kappa shape index (κ1) is 19.2. The fourth-order valence-corrected chi connectivity index (χ4v) is 2.66. The fraction of sp³-hybridized carbons (Fsp3) is 0.190. The number of benzene rings is 2. The highest BCUT2D eigenvalue weighted by molar-refractivity contribution is 6.05. The number of nitrogens with one attached hydrogen (secondary N) is 1. The van der Waals surface area contributed by atoms with Gasteiger partial charge in [-0.15, -0.1) is 0 Å². The summed E-state index contributed by atoms with van der Waals surface area (Å²) in [7, 11) is 1.39. The Bertz CT molecular complexity index is 1040. The Hall–Kier alpha value is -3.61. The summed E-state index contributed by atoms with van der Waals surface area (Å²) >= 11 is 0. The van der Waals surface area contributed by atoms with Crippen molar-refractivity contribution in [3.8, 4) is 17.2 Å². The number of aromatic nitrogens is 2. The van der Waals surface area contributed by atoms with E-state index in [9.17, 15) is 9.59 Å². The van der Waals surface area contributed by atoms with Gasteiger partial charge >= 0.3 is 0 Å². The Morgan fingerprint density at radius 3 is 2.50 bits per heavy atom. The van der Waals surface area contributed by atoms with Crippen molar-refractivity contribution in [3.63, 3.8) is 0 Å². The number of carbonyl (C=O) groups is 1. The zero-order valence-electron chi connectivity index (χ0n) is 15.9. The standard InChI is InChI=1S/C21H21N3O4/c1-4-28-17-8-6-5-7-16(17)22-21(26)20-18(27-3)13-19(25)24(23-20)15-11-9-14(2)10-12-15/h5-13H,4H2,1-3H3,(H,22,26). The van der Waals surface area contributed by atoms with Crippen molar-refractivity contribution in [1.29, 1.82) is 0 Å². The van der Waals surface area contributed by atoms with Crippen molar-refractivity contribution in [2.24, 2.45) is 0 Å². The molecule has 2 aromatic carbocycles. The number of aryl methyl sites for hydroxylation is 1. The highest BCUT2D eigenvalue weighted by Crippen LogP contribution is 2.25. The second-order valence-electron chi connectivity index (χ2n) is 6.03. The number of anilines is 1. The monoisotopic (exact) mass is 379 g/mol. The zero-order chi connectivity index (χ0) is 20.1. The van der Waals surface area contributed by atoms with E-state index in [1.807, 2.05) is 32.0 Å². The molecule has 0 saturated carbocycles. The van der Waals surface area contributed by atoms with Gasteiger partial charge in [0.1, 0.15) is 5.75 Å². The van der Waals surface area contributed by atoms with Gasteiger partial charge in [-0.05, 0) is 38.1 Å². The van der Waals surface area contributed by atoms with Crippen LogP contribution < -0.4 is 20.3 Å². The average molecular weight is 379 g/mol. The Balaban J connectivity index is 2.01. The summed E-state index contributed by atoms with van der Waals surface area (Å²) < 4.78 is 11.9. The van der Waals surface area contributed by atoms with E-state index in [-0.39, 0.29) is 11.4 Å². The molecule has 0 aliphatic heterocycles. The van der Waals surface area contributed by atoms with E-state index >= 15 is 0 Å². The smallest absolute Gasteiger partial charge is 0.280 e. The lowest BCUT2D eigenvalue weighted by Crippen LogP contribution is -2.26. The lowest BCUT2D eigenvalue weighted by atomic mass is 10.2. The molecule has 0 aliphatic rings. The molecule has 3 rings (SSSR count). The number of methoxy groups -OCH3 is 1. The molecule has 0 saturated heterocycles. The van der Waals surface area contributed by atoms with E-state index in [0.29, 0.717) is 23.7 Å². The molecule has 0 spiro atoms. The summed E-state index contributed by atoms with van der Waals surface area (Å²) in [6.45, 7) is 4.27. The van der Waals surface area contributed by atoms with Crippen LogP contribution in [0.3, 0.4) is 0 Å². The zero-order valence-corrected chi connectivity index (χ0v) is 15.9. The molecule has 0 radical (unpaired) electrons. The second-order valence-corrected chi connectivity index (χ2v) is 6.03. The summed E-state index contributed by atoms with van der Waals surface area (Å²) in [6.07, 6.45) is 0. The van der Waals surface area contributed by atoms with Crippen molar-refractivity contribution in [2.45, 2.75) is 13.8 Å². The van der Waals surface area contributed by atoms with Crippen LogP contribution in [0.2, 0.25) is 0 Å². The molecule has 0 atom stereocenters. The molecule has 3 aromatic rings. The number of amides is 1. The minimum atomic E-state index is -0.509. The van der Waals surface area contributed by atoms with E-state index < -0.39 is 11.5 Å². The molecule has 1 amide bonds. The Labute approximate surface area is 162 Å². The summed E-state index contributed by atoms with van der Waals surface area (Å²) in [4.78, 5) is 25.3. The number of nitrogens with zero attached hydrogens (tertiary/aromatic N) is 2. The number of carbonyl (C=O) groups excluding carboxylic acids is 1. The molecule has 0 aliphatic carbocycles. The van der Waals surface area contributed by atoms with Gasteiger partial charge in [-0.3, -0.25) is 9.59 Å². The predicted octanol–water partition coefficient (Wildman–Crippen LogP) is 3.20. The molecule has 0 bridgehead atoms. The van der Waals surface area contributed by atoms with Crippen LogP contribution in [0.5, 0.6) is 11.5 Å². The van der Waals surface area contributed by atoms with E-state index in [1.165, 1.54) is 17.9 Å². The molecule has 0 fully saturated rings. The number of hydrogen-bond acceptors (Lipinski definition) is 5. The second kappa shape index (κ2) is 8.39. The van der Waals surface area contributed by atoms with Crippen molar-refractivity contribution < 1.29 is 14.3 Å². The van der Waals surface area contributed by atoms with Gasteiger partial charge in [-0.25, -0.2) is 0 Å². The molecule has 1 heterocycles. The molecule has 1 aromatic heterocycles. The van der Waals surface area contributed by atoms with E-state index in [4.69, 9.17) is 9.47 Å². The first-order valence-electron chi connectivity index (χ1n) is 8.82. The summed E-state index contributed by atoms with van der Waals surface area (Å²) in [5.74, 6) is 0.133. The molecule has 28 heavy (non-hydrogen) atoms. The summed E-state index contributed by atoms with van der Waals surface area (Å²) in [6, 6.07) is 15.6. The van der Waals surface area contributed by atoms with Crippen LogP contribution in [0.25, 0.3) is 5.69 Å². The van der Waals surface area contributed by atoms with Gasteiger partial charge in [0.25, 0.3) is 11.5 Å². The topological polar surface area (TPSA) is 82.5 Å². The fourth-order valence-electron chi connectivity index (χ4n) is 2.66. The van der Waals surface area contributed by atoms with Gasteiger partial charge in [-0.1, -0.05) is 29.8 Å². The summed E-state index contributed by atoms with van der Waals surface area (Å²) in [5.41, 5.74) is 1.71. The van der Waals surface area contributed by atoms with E-state index in [0.717, 1.165) is 5.56 Å². The first-order chi connectivity index (χ1) is 13.5. The van der Waals surface area contributed by atoms with Gasteiger partial charge in [0.15, 0.2) is 11.4 Å². The third kappa shape index (κ3) is 4.03. The number of rotatable bonds is 6. The van der Waals surface area contributed by atoms with Crippen molar-refractivity contribution >= 4 is 11.6 Å². The molecule has 144 valence electrons. The molecular formula is C21H21N3O4. The minimum Gasteiger partial charge on any atom is -0.494 e. The molecule has 7 nitrogen and oxygen atoms in total. The Morgan fingerprint density at radius 2 is 1.82 bits per heavy atom. The number of para-hydroxylation sites is 2.